The van der Waals surface area contributed by atoms with Crippen LogP contribution < -0.4 is 0 Å². The molecule has 1 aliphatic carbocycles. The minimum atomic E-state index is -3.38. The van der Waals surface area contributed by atoms with Gasteiger partial charge in [0.25, 0.3) is 10.1 Å². The van der Waals surface area contributed by atoms with Gasteiger partial charge in [0.1, 0.15) is 5.78 Å². The molecule has 1 fully saturated rings. The Morgan fingerprint density at radius 1 is 1.50 bits per heavy atom. The summed E-state index contributed by atoms with van der Waals surface area (Å²) in [6.45, 7) is 8.29. The molecule has 0 aromatic carbocycles. The van der Waals surface area contributed by atoms with Crippen LogP contribution >= 0.6 is 0 Å². The zero-order valence-corrected chi connectivity index (χ0v) is 12.2. The van der Waals surface area contributed by atoms with Gasteiger partial charge in [-0.2, -0.15) is 8.42 Å². The van der Waals surface area contributed by atoms with E-state index in [2.05, 4.69) is 6.58 Å². The summed E-state index contributed by atoms with van der Waals surface area (Å²) in [5.41, 5.74) is 0.824. The molecule has 5 heteroatoms. The van der Waals surface area contributed by atoms with Crippen molar-refractivity contribution in [3.63, 3.8) is 0 Å². The van der Waals surface area contributed by atoms with E-state index in [0.29, 0.717) is 25.0 Å². The predicted molar refractivity (Wildman–Crippen MR) is 70.7 cm³/mol. The van der Waals surface area contributed by atoms with E-state index in [9.17, 15) is 13.2 Å². The second kappa shape index (κ2) is 5.53. The molecule has 1 atom stereocenters. The molecule has 0 bridgehead atoms. The van der Waals surface area contributed by atoms with E-state index < -0.39 is 10.1 Å². The number of hydrogen-bond acceptors (Lipinski definition) is 4. The average Bonchev–Trinajstić information content (AvgIpc) is 2.61. The SMILES string of the molecule is C=C([C@H]1CCC(=O)C1)C(C)(C)CCOS(C)(=O)=O. The first kappa shape index (κ1) is 15.4. The summed E-state index contributed by atoms with van der Waals surface area (Å²) in [4.78, 5) is 11.3. The Hall–Kier alpha value is -0.680. The van der Waals surface area contributed by atoms with Gasteiger partial charge in [0.05, 0.1) is 12.9 Å². The normalized spacial score (nSPS) is 21.3. The number of hydrogen-bond donors (Lipinski definition) is 0. The van der Waals surface area contributed by atoms with Crippen molar-refractivity contribution in [1.82, 2.24) is 0 Å². The second-order valence-electron chi connectivity index (χ2n) is 5.66. The smallest absolute Gasteiger partial charge is 0.264 e. The van der Waals surface area contributed by atoms with Gasteiger partial charge in [-0.1, -0.05) is 26.0 Å². The Morgan fingerprint density at radius 3 is 2.56 bits per heavy atom. The van der Waals surface area contributed by atoms with E-state index in [1.807, 2.05) is 13.8 Å². The highest BCUT2D eigenvalue weighted by Crippen LogP contribution is 2.40. The molecule has 1 saturated carbocycles. The van der Waals surface area contributed by atoms with E-state index in [1.165, 1.54) is 0 Å². The van der Waals surface area contributed by atoms with Crippen LogP contribution in [0.4, 0.5) is 0 Å². The van der Waals surface area contributed by atoms with Crippen LogP contribution in [0.5, 0.6) is 0 Å². The molecular formula is C13H22O4S. The lowest BCUT2D eigenvalue weighted by molar-refractivity contribution is -0.117. The summed E-state index contributed by atoms with van der Waals surface area (Å²) >= 11 is 0. The Labute approximate surface area is 110 Å². The maximum atomic E-state index is 11.3. The average molecular weight is 274 g/mol. The van der Waals surface area contributed by atoms with E-state index in [4.69, 9.17) is 4.18 Å². The lowest BCUT2D eigenvalue weighted by atomic mass is 9.75. The van der Waals surface area contributed by atoms with Crippen LogP contribution in [-0.4, -0.2) is 27.1 Å². The molecule has 104 valence electrons. The van der Waals surface area contributed by atoms with Gasteiger partial charge in [-0.15, -0.1) is 0 Å². The van der Waals surface area contributed by atoms with Crippen LogP contribution in [0.2, 0.25) is 0 Å². The molecule has 0 heterocycles. The van der Waals surface area contributed by atoms with E-state index in [0.717, 1.165) is 18.2 Å². The van der Waals surface area contributed by atoms with E-state index >= 15 is 0 Å². The first-order valence-electron chi connectivity index (χ1n) is 6.17. The fourth-order valence-corrected chi connectivity index (χ4v) is 2.66. The van der Waals surface area contributed by atoms with Crippen LogP contribution in [0.15, 0.2) is 12.2 Å². The van der Waals surface area contributed by atoms with Gasteiger partial charge in [-0.3, -0.25) is 8.98 Å². The van der Waals surface area contributed by atoms with Crippen molar-refractivity contribution >= 4 is 15.9 Å². The van der Waals surface area contributed by atoms with Crippen LogP contribution in [0, 0.1) is 11.3 Å². The Morgan fingerprint density at radius 2 is 2.11 bits per heavy atom. The molecule has 4 nitrogen and oxygen atoms in total. The third-order valence-corrected chi connectivity index (χ3v) is 4.23. The highest BCUT2D eigenvalue weighted by Gasteiger charge is 2.32. The zero-order chi connectivity index (χ0) is 14.0. The molecular weight excluding hydrogens is 252 g/mol. The molecule has 1 rings (SSSR count). The van der Waals surface area contributed by atoms with Gasteiger partial charge >= 0.3 is 0 Å². The first-order valence-corrected chi connectivity index (χ1v) is 7.99. The molecule has 0 unspecified atom stereocenters. The van der Waals surface area contributed by atoms with Crippen molar-refractivity contribution in [3.05, 3.63) is 12.2 Å². The maximum absolute atomic E-state index is 11.3. The van der Waals surface area contributed by atoms with Gasteiger partial charge in [0.15, 0.2) is 0 Å². The molecule has 0 spiro atoms. The standard InChI is InChI=1S/C13H22O4S/c1-10(11-5-6-12(14)9-11)13(2,3)7-8-17-18(4,15)16/h11H,1,5-9H2,2-4H3/t11-/m0/s1. The number of ketones is 1. The number of carbonyl (C=O) groups excluding carboxylic acids is 1. The van der Waals surface area contributed by atoms with Crippen LogP contribution in [-0.2, 0) is 19.1 Å². The molecule has 0 aliphatic heterocycles. The molecule has 1 aliphatic rings. The third-order valence-electron chi connectivity index (χ3n) is 3.63. The van der Waals surface area contributed by atoms with Crippen molar-refractivity contribution in [2.24, 2.45) is 11.3 Å². The number of allylic oxidation sites excluding steroid dienone is 1. The Bertz CT molecular complexity index is 434. The molecule has 0 amide bonds. The second-order valence-corrected chi connectivity index (χ2v) is 7.31. The lowest BCUT2D eigenvalue weighted by Crippen LogP contribution is -2.22. The highest BCUT2D eigenvalue weighted by atomic mass is 32.2. The van der Waals surface area contributed by atoms with Gasteiger partial charge in [0.2, 0.25) is 0 Å². The van der Waals surface area contributed by atoms with E-state index in [1.54, 1.807) is 0 Å². The van der Waals surface area contributed by atoms with Crippen molar-refractivity contribution in [1.29, 1.82) is 0 Å². The zero-order valence-electron chi connectivity index (χ0n) is 11.4. The molecule has 0 aromatic heterocycles. The van der Waals surface area contributed by atoms with Gasteiger partial charge < -0.3 is 0 Å². The minimum absolute atomic E-state index is 0.158. The van der Waals surface area contributed by atoms with Crippen molar-refractivity contribution in [3.8, 4) is 0 Å². The van der Waals surface area contributed by atoms with Crippen LogP contribution in [0.25, 0.3) is 0 Å². The van der Waals surface area contributed by atoms with Gasteiger partial charge in [0, 0.05) is 12.8 Å². The lowest BCUT2D eigenvalue weighted by Gasteiger charge is -2.30. The Balaban J connectivity index is 2.52. The summed E-state index contributed by atoms with van der Waals surface area (Å²) in [7, 11) is -3.38. The number of Topliss-reactive ketones (excluding diaryl/α,β-unsaturated/α-hetero) is 1. The maximum Gasteiger partial charge on any atom is 0.264 e. The summed E-state index contributed by atoms with van der Waals surface area (Å²) in [6, 6.07) is 0. The van der Waals surface area contributed by atoms with Crippen molar-refractivity contribution in [2.75, 3.05) is 12.9 Å². The molecule has 0 N–H and O–H groups in total. The topological polar surface area (TPSA) is 60.4 Å². The minimum Gasteiger partial charge on any atom is -0.300 e. The third kappa shape index (κ3) is 4.53. The van der Waals surface area contributed by atoms with Crippen LogP contribution in [0.3, 0.4) is 0 Å². The van der Waals surface area contributed by atoms with Gasteiger partial charge in [-0.25, -0.2) is 0 Å². The van der Waals surface area contributed by atoms with Crippen molar-refractivity contribution < 1.29 is 17.4 Å². The van der Waals surface area contributed by atoms with E-state index in [-0.39, 0.29) is 17.9 Å². The quantitative estimate of drug-likeness (QED) is 0.551. The fraction of sp³-hybridized carbons (Fsp3) is 0.769. The molecule has 18 heavy (non-hydrogen) atoms. The largest absolute Gasteiger partial charge is 0.300 e. The number of carbonyl (C=O) groups is 1. The Kier molecular flexibility index (Phi) is 4.72. The predicted octanol–water partition coefficient (Wildman–Crippen LogP) is 2.30. The highest BCUT2D eigenvalue weighted by molar-refractivity contribution is 7.85. The first-order chi connectivity index (χ1) is 8.12. The fourth-order valence-electron chi connectivity index (χ4n) is 2.27. The molecule has 0 radical (unpaired) electrons. The molecule has 0 saturated heterocycles. The van der Waals surface area contributed by atoms with Crippen molar-refractivity contribution in [2.45, 2.75) is 39.5 Å². The number of rotatable bonds is 6. The summed E-state index contributed by atoms with van der Waals surface area (Å²) in [5, 5.41) is 0. The summed E-state index contributed by atoms with van der Waals surface area (Å²) in [6.07, 6.45) is 3.72. The van der Waals surface area contributed by atoms with Crippen LogP contribution in [0.1, 0.15) is 39.5 Å². The molecule has 0 aromatic rings. The monoisotopic (exact) mass is 274 g/mol. The van der Waals surface area contributed by atoms with Gasteiger partial charge in [-0.05, 0) is 24.2 Å². The summed E-state index contributed by atoms with van der Waals surface area (Å²) in [5.74, 6) is 0.537. The summed E-state index contributed by atoms with van der Waals surface area (Å²) < 4.78 is 26.6.